The van der Waals surface area contributed by atoms with Gasteiger partial charge in [0.05, 0.1) is 0 Å². The molecule has 0 aliphatic carbocycles. The second kappa shape index (κ2) is 17.7. The Bertz CT molecular complexity index is 1670. The van der Waals surface area contributed by atoms with Crippen molar-refractivity contribution < 1.29 is 13.6 Å². The van der Waals surface area contributed by atoms with Crippen LogP contribution in [-0.4, -0.2) is 0 Å². The Morgan fingerprint density at radius 2 is 0.833 bits per heavy atom. The van der Waals surface area contributed by atoms with Crippen molar-refractivity contribution in [3.63, 3.8) is 0 Å². The lowest BCUT2D eigenvalue weighted by molar-refractivity contribution is 0.385. The van der Waals surface area contributed by atoms with E-state index in [1.165, 1.54) is 54.9 Å². The fourth-order valence-electron chi connectivity index (χ4n) is 6.87. The van der Waals surface area contributed by atoms with Gasteiger partial charge in [0.2, 0.25) is 0 Å². The summed E-state index contributed by atoms with van der Waals surface area (Å²) in [6.45, 7) is 13.5. The monoisotopic (exact) mass is 662 g/mol. The molecule has 0 bridgehead atoms. The lowest BCUT2D eigenvalue weighted by Crippen LogP contribution is -2.06. The molecule has 48 heavy (non-hydrogen) atoms. The van der Waals surface area contributed by atoms with Crippen LogP contribution in [0, 0.1) is 0 Å². The van der Waals surface area contributed by atoms with Crippen molar-refractivity contribution in [1.29, 1.82) is 0 Å². The van der Waals surface area contributed by atoms with Gasteiger partial charge in [-0.1, -0.05) is 123 Å². The molecule has 0 N–H and O–H groups in total. The number of hydrogen-bond acceptors (Lipinski definition) is 3. The molecule has 0 amide bonds. The van der Waals surface area contributed by atoms with E-state index < -0.39 is 8.60 Å². The summed E-state index contributed by atoms with van der Waals surface area (Å²) < 4.78 is 20.4. The summed E-state index contributed by atoms with van der Waals surface area (Å²) in [5, 5.41) is 5.15. The first-order chi connectivity index (χ1) is 23.5. The van der Waals surface area contributed by atoms with Crippen LogP contribution in [-0.2, 0) is 38.5 Å². The molecule has 0 radical (unpaired) electrons. The molecule has 0 saturated carbocycles. The van der Waals surface area contributed by atoms with E-state index in [1.807, 2.05) is 30.3 Å². The first-order valence-corrected chi connectivity index (χ1v) is 19.6. The zero-order chi connectivity index (χ0) is 33.9. The number of benzene rings is 5. The van der Waals surface area contributed by atoms with Crippen LogP contribution < -0.4 is 13.6 Å². The van der Waals surface area contributed by atoms with E-state index in [1.54, 1.807) is 0 Å². The Balaban J connectivity index is 1.61. The van der Waals surface area contributed by atoms with E-state index >= 15 is 0 Å². The topological polar surface area (TPSA) is 27.7 Å². The SMILES string of the molecule is CCCc1cc(CCC)c2cc(OP(Oc3ccccc3)Oc3cc4c(CCC)cc(CCC)cc4cc3CCC)c(CCC)cc2c1. The van der Waals surface area contributed by atoms with Gasteiger partial charge in [-0.05, 0) is 130 Å². The average Bonchev–Trinajstić information content (AvgIpc) is 3.07. The molecule has 0 unspecified atom stereocenters. The lowest BCUT2D eigenvalue weighted by atomic mass is 9.94. The summed E-state index contributed by atoms with van der Waals surface area (Å²) in [6.07, 6.45) is 12.7. The highest BCUT2D eigenvalue weighted by atomic mass is 31.2. The van der Waals surface area contributed by atoms with Crippen molar-refractivity contribution in [2.75, 3.05) is 0 Å². The molecule has 0 aromatic heterocycles. The third kappa shape index (κ3) is 8.91. The Kier molecular flexibility index (Phi) is 13.2. The van der Waals surface area contributed by atoms with E-state index in [9.17, 15) is 0 Å². The van der Waals surface area contributed by atoms with E-state index in [0.29, 0.717) is 0 Å². The zero-order valence-electron chi connectivity index (χ0n) is 30.2. The van der Waals surface area contributed by atoms with Crippen LogP contribution in [0.5, 0.6) is 17.2 Å². The third-order valence-corrected chi connectivity index (χ3v) is 10.0. The molecule has 5 rings (SSSR count). The predicted octanol–water partition coefficient (Wildman–Crippen LogP) is 13.5. The largest absolute Gasteiger partial charge is 0.530 e. The highest BCUT2D eigenvalue weighted by Crippen LogP contribution is 2.46. The van der Waals surface area contributed by atoms with Crippen LogP contribution in [0.3, 0.4) is 0 Å². The lowest BCUT2D eigenvalue weighted by Gasteiger charge is -2.22. The number of para-hydroxylation sites is 1. The predicted molar refractivity (Wildman–Crippen MR) is 207 cm³/mol. The minimum atomic E-state index is -1.81. The average molecular weight is 663 g/mol. The van der Waals surface area contributed by atoms with Crippen molar-refractivity contribution >= 4 is 30.1 Å². The van der Waals surface area contributed by atoms with E-state index in [4.69, 9.17) is 13.6 Å². The molecule has 0 fully saturated rings. The summed E-state index contributed by atoms with van der Waals surface area (Å²) in [6, 6.07) is 28.8. The van der Waals surface area contributed by atoms with Crippen LogP contribution in [0.1, 0.15) is 113 Å². The second-order valence-corrected chi connectivity index (χ2v) is 14.2. The molecule has 5 aromatic rings. The van der Waals surface area contributed by atoms with Crippen LogP contribution >= 0.6 is 8.60 Å². The molecule has 0 saturated heterocycles. The van der Waals surface area contributed by atoms with Crippen molar-refractivity contribution in [3.05, 3.63) is 112 Å². The second-order valence-electron chi connectivity index (χ2n) is 13.2. The van der Waals surface area contributed by atoms with Gasteiger partial charge in [0.1, 0.15) is 17.2 Å². The first-order valence-electron chi connectivity index (χ1n) is 18.6. The summed E-state index contributed by atoms with van der Waals surface area (Å²) in [4.78, 5) is 0. The Morgan fingerprint density at radius 3 is 1.25 bits per heavy atom. The fourth-order valence-corrected chi connectivity index (χ4v) is 7.94. The maximum atomic E-state index is 6.92. The van der Waals surface area contributed by atoms with Crippen LogP contribution in [0.2, 0.25) is 0 Å². The zero-order valence-corrected chi connectivity index (χ0v) is 31.1. The number of aryl methyl sites for hydroxylation is 6. The fraction of sp³-hybridized carbons (Fsp3) is 0.409. The van der Waals surface area contributed by atoms with E-state index in [2.05, 4.69) is 90.1 Å². The van der Waals surface area contributed by atoms with Crippen LogP contribution in [0.15, 0.2) is 78.9 Å². The molecule has 254 valence electrons. The Hall–Kier alpha value is -3.55. The van der Waals surface area contributed by atoms with Crippen molar-refractivity contribution in [3.8, 4) is 17.2 Å². The molecule has 0 heterocycles. The van der Waals surface area contributed by atoms with E-state index in [0.717, 1.165) is 94.3 Å². The molecule has 3 nitrogen and oxygen atoms in total. The maximum absolute atomic E-state index is 6.92. The minimum Gasteiger partial charge on any atom is -0.409 e. The minimum absolute atomic E-state index is 0.742. The summed E-state index contributed by atoms with van der Waals surface area (Å²) in [5.74, 6) is 2.47. The Labute approximate surface area is 291 Å². The third-order valence-electron chi connectivity index (χ3n) is 8.98. The number of rotatable bonds is 18. The molecule has 0 aliphatic heterocycles. The summed E-state index contributed by atoms with van der Waals surface area (Å²) in [5.41, 5.74) is 8.04. The maximum Gasteiger partial charge on any atom is 0.530 e. The quantitative estimate of drug-likeness (QED) is 0.0874. The van der Waals surface area contributed by atoms with Gasteiger partial charge < -0.3 is 13.6 Å². The van der Waals surface area contributed by atoms with Gasteiger partial charge in [0, 0.05) is 0 Å². The molecule has 5 aromatic carbocycles. The van der Waals surface area contributed by atoms with Gasteiger partial charge in [-0.2, -0.15) is 0 Å². The van der Waals surface area contributed by atoms with Gasteiger partial charge in [0.15, 0.2) is 0 Å². The van der Waals surface area contributed by atoms with Crippen LogP contribution in [0.25, 0.3) is 21.5 Å². The molecule has 0 atom stereocenters. The molecule has 4 heteroatoms. The molecular formula is C44H55O3P. The molecule has 0 aliphatic rings. The number of hydrogen-bond donors (Lipinski definition) is 0. The smallest absolute Gasteiger partial charge is 0.409 e. The van der Waals surface area contributed by atoms with Crippen molar-refractivity contribution in [1.82, 2.24) is 0 Å². The Morgan fingerprint density at radius 1 is 0.417 bits per heavy atom. The molecular weight excluding hydrogens is 607 g/mol. The van der Waals surface area contributed by atoms with Gasteiger partial charge in [0.25, 0.3) is 0 Å². The summed E-state index contributed by atoms with van der Waals surface area (Å²) >= 11 is 0. The highest BCUT2D eigenvalue weighted by molar-refractivity contribution is 7.43. The van der Waals surface area contributed by atoms with Crippen molar-refractivity contribution in [2.45, 2.75) is 119 Å². The van der Waals surface area contributed by atoms with E-state index in [-0.39, 0.29) is 0 Å². The van der Waals surface area contributed by atoms with Crippen molar-refractivity contribution in [2.24, 2.45) is 0 Å². The van der Waals surface area contributed by atoms with Crippen LogP contribution in [0.4, 0.5) is 0 Å². The van der Waals surface area contributed by atoms with Gasteiger partial charge >= 0.3 is 8.60 Å². The van der Waals surface area contributed by atoms with Gasteiger partial charge in [-0.25, -0.2) is 0 Å². The normalized spacial score (nSPS) is 11.5. The standard InChI is InChI=1S/C44H55O3P/c1-7-16-32-24-34(18-9-3)41-30-43(36(20-11-5)28-38(41)26-32)46-48(45-40-22-14-13-15-23-40)47-44-31-42-35(19-10-4)25-33(17-8-2)27-39(42)29-37(44)21-12-6/h13-15,22-31H,7-12,16-21H2,1-6H3. The summed E-state index contributed by atoms with van der Waals surface area (Å²) in [7, 11) is -1.81. The molecule has 0 spiro atoms. The first kappa shape index (κ1) is 35.7. The van der Waals surface area contributed by atoms with Gasteiger partial charge in [-0.15, -0.1) is 0 Å². The highest BCUT2D eigenvalue weighted by Gasteiger charge is 2.24. The number of fused-ring (bicyclic) bond motifs is 2. The van der Waals surface area contributed by atoms with Gasteiger partial charge in [-0.3, -0.25) is 0 Å².